The van der Waals surface area contributed by atoms with Crippen molar-refractivity contribution in [1.29, 1.82) is 0 Å². The second-order valence-electron chi connectivity index (χ2n) is 5.70. The first kappa shape index (κ1) is 12.3. The van der Waals surface area contributed by atoms with Crippen molar-refractivity contribution in [1.82, 2.24) is 4.90 Å². The largest absolute Gasteiger partial charge is 0.444 e. The molecule has 1 amide bonds. The lowest BCUT2D eigenvalue weighted by molar-refractivity contribution is -0.0792. The van der Waals surface area contributed by atoms with E-state index >= 15 is 0 Å². The van der Waals surface area contributed by atoms with Crippen LogP contribution in [0, 0.1) is 0 Å². The van der Waals surface area contributed by atoms with Crippen LogP contribution in [0.1, 0.15) is 41.0 Å². The third-order valence-electron chi connectivity index (χ3n) is 2.55. The number of nitrogens with zero attached hydrogens (tertiary/aromatic N) is 1. The molecule has 4 nitrogen and oxygen atoms in total. The van der Waals surface area contributed by atoms with E-state index in [1.807, 2.05) is 34.6 Å². The van der Waals surface area contributed by atoms with Gasteiger partial charge in [-0.1, -0.05) is 0 Å². The zero-order valence-corrected chi connectivity index (χ0v) is 10.2. The molecule has 1 rings (SSSR count). The molecule has 1 N–H and O–H groups in total. The number of carbonyl (C=O) groups excluding carboxylic acids is 1. The van der Waals surface area contributed by atoms with Gasteiger partial charge >= 0.3 is 6.09 Å². The van der Waals surface area contributed by atoms with Gasteiger partial charge in [-0.15, -0.1) is 0 Å². The Bertz CT molecular complexity index is 255. The lowest BCUT2D eigenvalue weighted by Crippen LogP contribution is -2.66. The second-order valence-corrected chi connectivity index (χ2v) is 5.70. The second kappa shape index (κ2) is 3.67. The number of aliphatic hydroxyl groups excluding tert-OH is 1. The van der Waals surface area contributed by atoms with Gasteiger partial charge in [0.25, 0.3) is 0 Å². The predicted octanol–water partition coefficient (Wildman–Crippen LogP) is 1.77. The van der Waals surface area contributed by atoms with Gasteiger partial charge in [-0.3, -0.25) is 4.90 Å². The minimum absolute atomic E-state index is 0.00265. The van der Waals surface area contributed by atoms with Crippen molar-refractivity contribution in [3.63, 3.8) is 0 Å². The zero-order chi connectivity index (χ0) is 11.9. The molecule has 1 aliphatic heterocycles. The highest BCUT2D eigenvalue weighted by atomic mass is 16.6. The molecule has 0 spiro atoms. The van der Waals surface area contributed by atoms with Crippen LogP contribution in [0.3, 0.4) is 0 Å². The molecular weight excluding hydrogens is 194 g/mol. The maximum Gasteiger partial charge on any atom is 0.411 e. The van der Waals surface area contributed by atoms with Gasteiger partial charge in [0.1, 0.15) is 5.60 Å². The Kier molecular flexibility index (Phi) is 3.01. The molecule has 0 unspecified atom stereocenters. The summed E-state index contributed by atoms with van der Waals surface area (Å²) in [5.74, 6) is 0. The minimum Gasteiger partial charge on any atom is -0.444 e. The Hall–Kier alpha value is -0.770. The number of likely N-dealkylation sites (tertiary alicyclic amines) is 1. The number of ether oxygens (including phenoxy) is 1. The molecule has 88 valence electrons. The summed E-state index contributed by atoms with van der Waals surface area (Å²) in [6.45, 7) is 9.47. The number of amides is 1. The van der Waals surface area contributed by atoms with Crippen molar-refractivity contribution in [2.24, 2.45) is 0 Å². The van der Waals surface area contributed by atoms with Gasteiger partial charge in [-0.05, 0) is 41.0 Å². The maximum absolute atomic E-state index is 11.8. The van der Waals surface area contributed by atoms with Gasteiger partial charge in [-0.25, -0.2) is 4.79 Å². The van der Waals surface area contributed by atoms with Gasteiger partial charge in [-0.2, -0.15) is 0 Å². The predicted molar refractivity (Wildman–Crippen MR) is 57.6 cm³/mol. The molecule has 0 radical (unpaired) electrons. The fourth-order valence-electron chi connectivity index (χ4n) is 2.00. The molecule has 4 heteroatoms. The monoisotopic (exact) mass is 215 g/mol. The summed E-state index contributed by atoms with van der Waals surface area (Å²) in [4.78, 5) is 13.4. The summed E-state index contributed by atoms with van der Waals surface area (Å²) < 4.78 is 5.29. The van der Waals surface area contributed by atoms with E-state index in [0.29, 0.717) is 0 Å². The quantitative estimate of drug-likeness (QED) is 0.725. The topological polar surface area (TPSA) is 49.8 Å². The van der Waals surface area contributed by atoms with Crippen LogP contribution in [0.2, 0.25) is 0 Å². The first-order chi connectivity index (χ1) is 6.67. The Balaban J connectivity index is 2.65. The summed E-state index contributed by atoms with van der Waals surface area (Å²) >= 11 is 0. The van der Waals surface area contributed by atoms with Crippen LogP contribution in [0.25, 0.3) is 0 Å². The van der Waals surface area contributed by atoms with Crippen molar-refractivity contribution in [3.8, 4) is 0 Å². The summed E-state index contributed by atoms with van der Waals surface area (Å²) in [7, 11) is 0. The van der Waals surface area contributed by atoms with Crippen molar-refractivity contribution in [2.75, 3.05) is 6.61 Å². The highest BCUT2D eigenvalue weighted by Gasteiger charge is 2.48. The first-order valence-electron chi connectivity index (χ1n) is 5.30. The van der Waals surface area contributed by atoms with Crippen molar-refractivity contribution >= 4 is 6.09 Å². The third kappa shape index (κ3) is 2.62. The Morgan fingerprint density at radius 1 is 1.53 bits per heavy atom. The molecule has 1 heterocycles. The molecule has 0 aromatic rings. The smallest absolute Gasteiger partial charge is 0.411 e. The molecule has 0 aromatic heterocycles. The summed E-state index contributed by atoms with van der Waals surface area (Å²) in [5.41, 5.74) is -0.682. The average molecular weight is 215 g/mol. The highest BCUT2D eigenvalue weighted by molar-refractivity contribution is 5.71. The molecule has 0 bridgehead atoms. The SMILES string of the molecule is CC(C)(C)OC(=O)N1[C@@H](CO)CC1(C)C. The molecule has 1 atom stereocenters. The summed E-state index contributed by atoms with van der Waals surface area (Å²) in [6, 6.07) is -0.0881. The summed E-state index contributed by atoms with van der Waals surface area (Å²) in [6.07, 6.45) is 0.487. The summed E-state index contributed by atoms with van der Waals surface area (Å²) in [5, 5.41) is 9.09. The van der Waals surface area contributed by atoms with E-state index in [9.17, 15) is 4.79 Å². The average Bonchev–Trinajstić information content (AvgIpc) is 1.96. The van der Waals surface area contributed by atoms with E-state index in [2.05, 4.69) is 0 Å². The maximum atomic E-state index is 11.8. The van der Waals surface area contributed by atoms with Gasteiger partial charge in [0.2, 0.25) is 0 Å². The number of aliphatic hydroxyl groups is 1. The molecule has 1 fully saturated rings. The van der Waals surface area contributed by atoms with Gasteiger partial charge in [0, 0.05) is 5.54 Å². The van der Waals surface area contributed by atoms with E-state index in [1.165, 1.54) is 0 Å². The molecular formula is C11H21NO3. The molecule has 0 aliphatic carbocycles. The lowest BCUT2D eigenvalue weighted by atomic mass is 9.82. The standard InChI is InChI=1S/C11H21NO3/c1-10(2,3)15-9(14)12-8(7-13)6-11(12,4)5/h8,13H,6-7H2,1-5H3/t8-/m1/s1. The first-order valence-corrected chi connectivity index (χ1v) is 5.30. The normalized spacial score (nSPS) is 24.7. The third-order valence-corrected chi connectivity index (χ3v) is 2.55. The van der Waals surface area contributed by atoms with Crippen LogP contribution in [0.5, 0.6) is 0 Å². The highest BCUT2D eigenvalue weighted by Crippen LogP contribution is 2.36. The zero-order valence-electron chi connectivity index (χ0n) is 10.2. The van der Waals surface area contributed by atoms with Crippen molar-refractivity contribution in [2.45, 2.75) is 58.2 Å². The Morgan fingerprint density at radius 2 is 2.07 bits per heavy atom. The van der Waals surface area contributed by atoms with Crippen LogP contribution >= 0.6 is 0 Å². The van der Waals surface area contributed by atoms with Crippen LogP contribution < -0.4 is 0 Å². The molecule has 0 aromatic carbocycles. The number of carbonyl (C=O) groups is 1. The molecule has 15 heavy (non-hydrogen) atoms. The molecule has 0 saturated carbocycles. The number of hydrogen-bond donors (Lipinski definition) is 1. The number of rotatable bonds is 1. The van der Waals surface area contributed by atoms with E-state index in [-0.39, 0.29) is 24.3 Å². The van der Waals surface area contributed by atoms with E-state index in [1.54, 1.807) is 4.90 Å². The van der Waals surface area contributed by atoms with Crippen LogP contribution in [0.15, 0.2) is 0 Å². The van der Waals surface area contributed by atoms with E-state index in [0.717, 1.165) is 6.42 Å². The van der Waals surface area contributed by atoms with Crippen LogP contribution in [-0.4, -0.2) is 39.9 Å². The van der Waals surface area contributed by atoms with Gasteiger partial charge < -0.3 is 9.84 Å². The van der Waals surface area contributed by atoms with Crippen LogP contribution in [-0.2, 0) is 4.74 Å². The molecule has 1 saturated heterocycles. The number of hydrogen-bond acceptors (Lipinski definition) is 3. The Morgan fingerprint density at radius 3 is 2.40 bits per heavy atom. The van der Waals surface area contributed by atoms with Gasteiger partial charge in [0.15, 0.2) is 0 Å². The fourth-order valence-corrected chi connectivity index (χ4v) is 2.00. The van der Waals surface area contributed by atoms with Crippen molar-refractivity contribution < 1.29 is 14.6 Å². The van der Waals surface area contributed by atoms with Crippen molar-refractivity contribution in [3.05, 3.63) is 0 Å². The van der Waals surface area contributed by atoms with Crippen LogP contribution in [0.4, 0.5) is 4.79 Å². The lowest BCUT2D eigenvalue weighted by Gasteiger charge is -2.53. The van der Waals surface area contributed by atoms with E-state index < -0.39 is 5.60 Å². The van der Waals surface area contributed by atoms with Gasteiger partial charge in [0.05, 0.1) is 12.6 Å². The minimum atomic E-state index is -0.483. The Labute approximate surface area is 91.2 Å². The molecule has 1 aliphatic rings. The van der Waals surface area contributed by atoms with E-state index in [4.69, 9.17) is 9.84 Å². The fraction of sp³-hybridized carbons (Fsp3) is 0.909.